The van der Waals surface area contributed by atoms with Crippen LogP contribution < -0.4 is 10.2 Å². The number of rotatable bonds is 8. The fraction of sp³-hybridized carbons (Fsp3) is 0.310. The van der Waals surface area contributed by atoms with E-state index >= 15 is 0 Å². The first-order valence-corrected chi connectivity index (χ1v) is 15.4. The molecule has 6 rings (SSSR count). The Bertz CT molecular complexity index is 1800. The number of hydrogen-bond donors (Lipinski definition) is 3. The van der Waals surface area contributed by atoms with Crippen molar-refractivity contribution < 1.29 is 26.8 Å². The number of carbonyl (C=O) groups is 2. The van der Waals surface area contributed by atoms with Gasteiger partial charge in [-0.2, -0.15) is 9.40 Å². The van der Waals surface area contributed by atoms with Crippen LogP contribution in [0.3, 0.4) is 0 Å². The zero-order chi connectivity index (χ0) is 31.0. The van der Waals surface area contributed by atoms with Crippen molar-refractivity contribution in [3.8, 4) is 0 Å². The molecule has 2 aliphatic heterocycles. The van der Waals surface area contributed by atoms with Gasteiger partial charge in [0.1, 0.15) is 17.3 Å². The fourth-order valence-electron chi connectivity index (χ4n) is 5.46. The molecule has 0 unspecified atom stereocenters. The molecule has 12 nitrogen and oxygen atoms in total. The Morgan fingerprint density at radius 3 is 2.48 bits per heavy atom. The van der Waals surface area contributed by atoms with Crippen LogP contribution in [0.5, 0.6) is 0 Å². The summed E-state index contributed by atoms with van der Waals surface area (Å²) in [5, 5.41) is 10.0. The zero-order valence-corrected chi connectivity index (χ0v) is 24.6. The van der Waals surface area contributed by atoms with Crippen molar-refractivity contribution in [3.05, 3.63) is 88.8 Å². The second kappa shape index (κ2) is 11.9. The van der Waals surface area contributed by atoms with Crippen LogP contribution in [-0.4, -0.2) is 89.3 Å². The average Bonchev–Trinajstić information content (AvgIpc) is 3.68. The van der Waals surface area contributed by atoms with E-state index in [2.05, 4.69) is 42.3 Å². The van der Waals surface area contributed by atoms with Crippen LogP contribution in [0, 0.1) is 11.6 Å². The van der Waals surface area contributed by atoms with Crippen LogP contribution in [0.4, 0.5) is 20.2 Å². The number of halogens is 2. The maximum Gasteiger partial charge on any atom is 0.273 e. The predicted molar refractivity (Wildman–Crippen MR) is 157 cm³/mol. The molecule has 0 saturated carbocycles. The molecule has 4 aromatic rings. The van der Waals surface area contributed by atoms with Gasteiger partial charge in [-0.1, -0.05) is 0 Å². The second-order valence-electron chi connectivity index (χ2n) is 10.9. The van der Waals surface area contributed by atoms with Crippen molar-refractivity contribution in [2.45, 2.75) is 24.3 Å². The quantitative estimate of drug-likeness (QED) is 0.254. The van der Waals surface area contributed by atoms with Gasteiger partial charge in [0, 0.05) is 74.3 Å². The maximum atomic E-state index is 13.8. The number of sulfonamides is 1. The Morgan fingerprint density at radius 2 is 1.77 bits per heavy atom. The standard InChI is InChI=1S/C29H30F2N8O4S/c1-37-6-8-38(9-7-37)20-2-3-22(25(13-20)34-29(41)27-15-32-17-33-27)28(40)14-26-23-16-39(5-4-24(23)35-36-26)44(42,43)21-11-18(30)10-19(31)12-21/h2-3,10-13,15,17H,4-9,14,16H2,1H3,(H,32,33)(H,34,41)(H,35,36). The number of ketones is 1. The van der Waals surface area contributed by atoms with E-state index < -0.39 is 32.5 Å². The number of benzene rings is 2. The predicted octanol–water partition coefficient (Wildman–Crippen LogP) is 2.59. The second-order valence-corrected chi connectivity index (χ2v) is 12.8. The van der Waals surface area contributed by atoms with Gasteiger partial charge in [-0.15, -0.1) is 0 Å². The van der Waals surface area contributed by atoms with Crippen molar-refractivity contribution in [1.82, 2.24) is 29.4 Å². The molecule has 15 heteroatoms. The van der Waals surface area contributed by atoms with Gasteiger partial charge >= 0.3 is 0 Å². The van der Waals surface area contributed by atoms with Gasteiger partial charge in [0.05, 0.1) is 35.2 Å². The van der Waals surface area contributed by atoms with Crippen LogP contribution in [0.2, 0.25) is 0 Å². The first-order valence-electron chi connectivity index (χ1n) is 14.0. The minimum atomic E-state index is -4.22. The van der Waals surface area contributed by atoms with E-state index in [0.29, 0.717) is 28.7 Å². The molecule has 0 radical (unpaired) electrons. The lowest BCUT2D eigenvalue weighted by Gasteiger charge is -2.34. The van der Waals surface area contributed by atoms with E-state index in [1.165, 1.54) is 12.5 Å². The number of nitrogens with zero attached hydrogens (tertiary/aromatic N) is 5. The Balaban J connectivity index is 1.26. The number of likely N-dealkylation sites (N-methyl/N-ethyl adjacent to an activating group) is 1. The minimum absolute atomic E-state index is 0.0700. The van der Waals surface area contributed by atoms with Gasteiger partial charge in [0.2, 0.25) is 10.0 Å². The first-order chi connectivity index (χ1) is 21.1. The summed E-state index contributed by atoms with van der Waals surface area (Å²) in [5.74, 6) is -2.79. The van der Waals surface area contributed by atoms with Gasteiger partial charge in [-0.25, -0.2) is 22.2 Å². The van der Waals surface area contributed by atoms with Gasteiger partial charge in [0.25, 0.3) is 5.91 Å². The molecular weight excluding hydrogens is 594 g/mol. The summed E-state index contributed by atoms with van der Waals surface area (Å²) in [4.78, 5) is 37.2. The number of aromatic amines is 2. The van der Waals surface area contributed by atoms with E-state index in [1.54, 1.807) is 12.1 Å². The fourth-order valence-corrected chi connectivity index (χ4v) is 6.92. The summed E-state index contributed by atoms with van der Waals surface area (Å²) in [6, 6.07) is 7.46. The molecule has 230 valence electrons. The highest BCUT2D eigenvalue weighted by atomic mass is 32.2. The number of H-pyrrole nitrogens is 2. The van der Waals surface area contributed by atoms with E-state index in [0.717, 1.165) is 48.3 Å². The summed E-state index contributed by atoms with van der Waals surface area (Å²) in [5.41, 5.74) is 3.25. The molecule has 2 aromatic heterocycles. The van der Waals surface area contributed by atoms with E-state index in [1.807, 2.05) is 6.07 Å². The highest BCUT2D eigenvalue weighted by Gasteiger charge is 2.32. The first kappa shape index (κ1) is 29.6. The van der Waals surface area contributed by atoms with Crippen LogP contribution >= 0.6 is 0 Å². The number of fused-ring (bicyclic) bond motifs is 1. The van der Waals surface area contributed by atoms with E-state index in [9.17, 15) is 26.8 Å². The average molecular weight is 625 g/mol. The van der Waals surface area contributed by atoms with Gasteiger partial charge < -0.3 is 20.1 Å². The lowest BCUT2D eigenvalue weighted by Crippen LogP contribution is -2.44. The Hall–Kier alpha value is -4.47. The zero-order valence-electron chi connectivity index (χ0n) is 23.8. The highest BCUT2D eigenvalue weighted by Crippen LogP contribution is 2.30. The smallest absolute Gasteiger partial charge is 0.273 e. The number of imidazole rings is 1. The third-order valence-corrected chi connectivity index (χ3v) is 9.77. The van der Waals surface area contributed by atoms with Crippen LogP contribution in [0.1, 0.15) is 37.8 Å². The normalized spacial score (nSPS) is 16.1. The number of carbonyl (C=O) groups excluding carboxylic acids is 2. The largest absolute Gasteiger partial charge is 0.369 e. The topological polar surface area (TPSA) is 147 Å². The Morgan fingerprint density at radius 1 is 1.02 bits per heavy atom. The summed E-state index contributed by atoms with van der Waals surface area (Å²) < 4.78 is 55.2. The van der Waals surface area contributed by atoms with E-state index in [4.69, 9.17) is 0 Å². The van der Waals surface area contributed by atoms with Crippen LogP contribution in [-0.2, 0) is 29.4 Å². The van der Waals surface area contributed by atoms with E-state index in [-0.39, 0.29) is 43.0 Å². The number of Topliss-reactive ketones (excluding diaryl/α,β-unsaturated/α-hetero) is 1. The minimum Gasteiger partial charge on any atom is -0.369 e. The van der Waals surface area contributed by atoms with Crippen molar-refractivity contribution >= 4 is 33.1 Å². The number of hydrogen-bond acceptors (Lipinski definition) is 8. The molecule has 0 bridgehead atoms. The van der Waals surface area contributed by atoms with Crippen LogP contribution in [0.15, 0.2) is 53.8 Å². The molecule has 44 heavy (non-hydrogen) atoms. The number of aromatic nitrogens is 4. The molecule has 2 aliphatic rings. The summed E-state index contributed by atoms with van der Waals surface area (Å²) in [6.07, 6.45) is 2.87. The SMILES string of the molecule is CN1CCN(c2ccc(C(=O)Cc3n[nH]c4c3CN(S(=O)(=O)c3cc(F)cc(F)c3)CC4)c(NC(=O)c3cnc[nH]3)c2)CC1. The summed E-state index contributed by atoms with van der Waals surface area (Å²) in [6.45, 7) is 3.28. The molecule has 1 fully saturated rings. The maximum absolute atomic E-state index is 13.8. The molecule has 3 N–H and O–H groups in total. The van der Waals surface area contributed by atoms with Crippen molar-refractivity contribution in [1.29, 1.82) is 0 Å². The monoisotopic (exact) mass is 624 g/mol. The number of piperazine rings is 1. The Kier molecular flexibility index (Phi) is 8.00. The van der Waals surface area contributed by atoms with Gasteiger partial charge in [-0.3, -0.25) is 14.7 Å². The summed E-state index contributed by atoms with van der Waals surface area (Å²) in [7, 11) is -2.17. The van der Waals surface area contributed by atoms with Crippen molar-refractivity contribution in [2.24, 2.45) is 0 Å². The lowest BCUT2D eigenvalue weighted by molar-refractivity contribution is 0.0992. The van der Waals surface area contributed by atoms with Crippen molar-refractivity contribution in [3.63, 3.8) is 0 Å². The molecule has 1 saturated heterocycles. The third-order valence-electron chi connectivity index (χ3n) is 7.95. The third kappa shape index (κ3) is 5.98. The Labute approximate surface area is 252 Å². The summed E-state index contributed by atoms with van der Waals surface area (Å²) >= 11 is 0. The molecular formula is C29H30F2N8O4S. The number of amides is 1. The van der Waals surface area contributed by atoms with Gasteiger partial charge in [-0.05, 0) is 37.4 Å². The number of anilines is 2. The molecule has 1 amide bonds. The van der Waals surface area contributed by atoms with Crippen LogP contribution in [0.25, 0.3) is 0 Å². The number of nitrogens with one attached hydrogen (secondary N) is 3. The molecule has 2 aromatic carbocycles. The molecule has 0 atom stereocenters. The highest BCUT2D eigenvalue weighted by molar-refractivity contribution is 7.89. The molecule has 0 spiro atoms. The van der Waals surface area contributed by atoms with Crippen molar-refractivity contribution in [2.75, 3.05) is 50.0 Å². The lowest BCUT2D eigenvalue weighted by atomic mass is 9.99. The molecule has 0 aliphatic carbocycles. The molecule has 4 heterocycles. The van der Waals surface area contributed by atoms with Gasteiger partial charge in [0.15, 0.2) is 5.78 Å².